The molecule has 1 aliphatic heterocycles. The van der Waals surface area contributed by atoms with Crippen LogP contribution >= 0.6 is 11.8 Å². The van der Waals surface area contributed by atoms with Crippen molar-refractivity contribution in [3.63, 3.8) is 0 Å². The van der Waals surface area contributed by atoms with Gasteiger partial charge in [0.25, 0.3) is 0 Å². The van der Waals surface area contributed by atoms with Crippen LogP contribution in [0.1, 0.15) is 24.8 Å². The quantitative estimate of drug-likeness (QED) is 0.376. The highest BCUT2D eigenvalue weighted by molar-refractivity contribution is 7.99. The minimum atomic E-state index is -0.130. The molecule has 0 bridgehead atoms. The fourth-order valence-electron chi connectivity index (χ4n) is 2.35. The number of oxime groups is 1. The van der Waals surface area contributed by atoms with Crippen molar-refractivity contribution in [2.75, 3.05) is 18.8 Å². The maximum Gasteiger partial charge on any atom is 0.231 e. The van der Waals surface area contributed by atoms with Crippen LogP contribution in [0.15, 0.2) is 34.3 Å². The first-order chi connectivity index (χ1) is 9.67. The van der Waals surface area contributed by atoms with Crippen LogP contribution in [0, 0.1) is 0 Å². The van der Waals surface area contributed by atoms with Crippen molar-refractivity contribution >= 4 is 23.5 Å². The largest absolute Gasteiger partial charge is 0.409 e. The Balaban J connectivity index is 2.16. The first-order valence-electron chi connectivity index (χ1n) is 6.64. The zero-order valence-corrected chi connectivity index (χ0v) is 12.3. The van der Waals surface area contributed by atoms with Gasteiger partial charge in [0.1, 0.15) is 0 Å². The Morgan fingerprint density at radius 2 is 2.30 bits per heavy atom. The van der Waals surface area contributed by atoms with Crippen molar-refractivity contribution in [2.45, 2.75) is 24.2 Å². The van der Waals surface area contributed by atoms with Gasteiger partial charge < -0.3 is 15.8 Å². The van der Waals surface area contributed by atoms with Gasteiger partial charge in [0, 0.05) is 17.2 Å². The van der Waals surface area contributed by atoms with E-state index in [1.807, 2.05) is 31.2 Å². The van der Waals surface area contributed by atoms with Gasteiger partial charge in [0.15, 0.2) is 5.84 Å². The van der Waals surface area contributed by atoms with Gasteiger partial charge >= 0.3 is 0 Å². The van der Waals surface area contributed by atoms with Gasteiger partial charge in [-0.25, -0.2) is 0 Å². The number of carbonyl (C=O) groups excluding carboxylic acids is 1. The summed E-state index contributed by atoms with van der Waals surface area (Å²) in [5.41, 5.74) is 6.62. The minimum Gasteiger partial charge on any atom is -0.409 e. The molecule has 0 aromatic heterocycles. The number of nitrogens with zero attached hydrogens (tertiary/aromatic N) is 2. The molecule has 20 heavy (non-hydrogen) atoms. The number of amides is 1. The number of hydrogen-bond donors (Lipinski definition) is 2. The number of amidine groups is 1. The molecule has 2 rings (SSSR count). The predicted octanol–water partition coefficient (Wildman–Crippen LogP) is 1.86. The number of fused-ring (bicyclic) bond motifs is 1. The summed E-state index contributed by atoms with van der Waals surface area (Å²) in [4.78, 5) is 15.5. The molecule has 0 fully saturated rings. The molecule has 5 nitrogen and oxygen atoms in total. The summed E-state index contributed by atoms with van der Waals surface area (Å²) in [5.74, 6) is 0.741. The van der Waals surface area contributed by atoms with Crippen LogP contribution in [0.4, 0.5) is 0 Å². The van der Waals surface area contributed by atoms with Crippen molar-refractivity contribution in [3.05, 3.63) is 29.8 Å². The highest BCUT2D eigenvalue weighted by Gasteiger charge is 2.32. The van der Waals surface area contributed by atoms with Crippen molar-refractivity contribution in [3.8, 4) is 0 Å². The van der Waals surface area contributed by atoms with Crippen LogP contribution in [0.2, 0.25) is 0 Å². The molecule has 0 saturated heterocycles. The summed E-state index contributed by atoms with van der Waals surface area (Å²) in [7, 11) is 0. The van der Waals surface area contributed by atoms with E-state index in [4.69, 9.17) is 10.9 Å². The third kappa shape index (κ3) is 3.07. The summed E-state index contributed by atoms with van der Waals surface area (Å²) in [6.45, 7) is 2.79. The molecule has 1 unspecified atom stereocenters. The zero-order chi connectivity index (χ0) is 14.5. The molecule has 0 aliphatic carbocycles. The second-order valence-electron chi connectivity index (χ2n) is 4.75. The van der Waals surface area contributed by atoms with Gasteiger partial charge in [-0.05, 0) is 18.1 Å². The van der Waals surface area contributed by atoms with E-state index in [1.165, 1.54) is 4.90 Å². The molecule has 1 atom stereocenters. The number of benzene rings is 1. The van der Waals surface area contributed by atoms with Gasteiger partial charge in [0.05, 0.1) is 12.5 Å². The van der Waals surface area contributed by atoms with Gasteiger partial charge in [-0.2, -0.15) is 0 Å². The molecule has 1 aliphatic rings. The van der Waals surface area contributed by atoms with Crippen molar-refractivity contribution < 1.29 is 10.0 Å². The first-order valence-corrected chi connectivity index (χ1v) is 7.62. The van der Waals surface area contributed by atoms with Crippen LogP contribution in [0.5, 0.6) is 0 Å². The summed E-state index contributed by atoms with van der Waals surface area (Å²) in [6.07, 6.45) is 0.839. The Morgan fingerprint density at radius 3 is 3.00 bits per heavy atom. The summed E-state index contributed by atoms with van der Waals surface area (Å²) < 4.78 is 0. The Hall–Kier alpha value is -1.69. The van der Waals surface area contributed by atoms with Gasteiger partial charge in [-0.15, -0.1) is 11.8 Å². The van der Waals surface area contributed by atoms with E-state index in [0.29, 0.717) is 6.54 Å². The monoisotopic (exact) mass is 293 g/mol. The summed E-state index contributed by atoms with van der Waals surface area (Å²) in [5, 5.41) is 11.6. The molecule has 1 heterocycles. The summed E-state index contributed by atoms with van der Waals surface area (Å²) in [6, 6.07) is 7.99. The lowest BCUT2D eigenvalue weighted by atomic mass is 9.99. The third-order valence-electron chi connectivity index (χ3n) is 3.28. The SMILES string of the molecule is CCCN(CC(N)=NO)C(=O)C1CSc2ccccc21. The Labute approximate surface area is 122 Å². The normalized spacial score (nSPS) is 17.9. The van der Waals surface area contributed by atoms with E-state index in [9.17, 15) is 4.79 Å². The molecule has 1 aromatic rings. The molecule has 108 valence electrons. The van der Waals surface area contributed by atoms with Crippen LogP contribution in [0.3, 0.4) is 0 Å². The highest BCUT2D eigenvalue weighted by Crippen LogP contribution is 2.40. The lowest BCUT2D eigenvalue weighted by molar-refractivity contribution is -0.131. The topological polar surface area (TPSA) is 78.9 Å². The number of rotatable bonds is 5. The Morgan fingerprint density at radius 1 is 1.55 bits per heavy atom. The molecule has 0 spiro atoms. The minimum absolute atomic E-state index is 0.0518. The maximum atomic E-state index is 12.7. The molecule has 1 amide bonds. The molecule has 0 saturated carbocycles. The van der Waals surface area contributed by atoms with Crippen LogP contribution in [-0.2, 0) is 4.79 Å². The lowest BCUT2D eigenvalue weighted by Gasteiger charge is -2.24. The van der Waals surface area contributed by atoms with Crippen LogP contribution in [-0.4, -0.2) is 40.7 Å². The average Bonchev–Trinajstić information content (AvgIpc) is 2.89. The molecule has 3 N–H and O–H groups in total. The lowest BCUT2D eigenvalue weighted by Crippen LogP contribution is -2.41. The number of nitrogens with two attached hydrogens (primary N) is 1. The van der Waals surface area contributed by atoms with Crippen LogP contribution in [0.25, 0.3) is 0 Å². The summed E-state index contributed by atoms with van der Waals surface area (Å²) >= 11 is 1.71. The predicted molar refractivity (Wildman–Crippen MR) is 80.2 cm³/mol. The Bertz CT molecular complexity index is 519. The standard InChI is InChI=1S/C14H19N3O2S/c1-2-7-17(8-13(15)16-19)14(18)11-9-20-12-6-4-3-5-10(11)12/h3-6,11,19H,2,7-9H2,1H3,(H2,15,16). The zero-order valence-electron chi connectivity index (χ0n) is 11.5. The van der Waals surface area contributed by atoms with E-state index in [0.717, 1.165) is 17.7 Å². The van der Waals surface area contributed by atoms with Gasteiger partial charge in [0.2, 0.25) is 5.91 Å². The van der Waals surface area contributed by atoms with Gasteiger partial charge in [-0.1, -0.05) is 30.3 Å². The average molecular weight is 293 g/mol. The number of hydrogen-bond acceptors (Lipinski definition) is 4. The third-order valence-corrected chi connectivity index (χ3v) is 4.47. The smallest absolute Gasteiger partial charge is 0.231 e. The van der Waals surface area contributed by atoms with E-state index in [1.54, 1.807) is 16.7 Å². The number of carbonyl (C=O) groups is 1. The fourth-order valence-corrected chi connectivity index (χ4v) is 3.57. The van der Waals surface area contributed by atoms with E-state index in [2.05, 4.69) is 5.16 Å². The molecular formula is C14H19N3O2S. The van der Waals surface area contributed by atoms with Crippen molar-refractivity contribution in [2.24, 2.45) is 10.9 Å². The number of thioether (sulfide) groups is 1. The molecule has 0 radical (unpaired) electrons. The van der Waals surface area contributed by atoms with Crippen molar-refractivity contribution in [1.29, 1.82) is 0 Å². The molecule has 1 aromatic carbocycles. The highest BCUT2D eigenvalue weighted by atomic mass is 32.2. The van der Waals surface area contributed by atoms with Crippen molar-refractivity contribution in [1.82, 2.24) is 4.90 Å². The second kappa shape index (κ2) is 6.65. The fraction of sp³-hybridized carbons (Fsp3) is 0.429. The first kappa shape index (κ1) is 14.7. The van der Waals surface area contributed by atoms with E-state index < -0.39 is 0 Å². The molecular weight excluding hydrogens is 274 g/mol. The van der Waals surface area contributed by atoms with Gasteiger partial charge in [-0.3, -0.25) is 4.79 Å². The second-order valence-corrected chi connectivity index (χ2v) is 5.81. The molecule has 6 heteroatoms. The van der Waals surface area contributed by atoms with E-state index in [-0.39, 0.29) is 24.2 Å². The Kier molecular flexibility index (Phi) is 4.89. The maximum absolute atomic E-state index is 12.7. The van der Waals surface area contributed by atoms with E-state index >= 15 is 0 Å². The van der Waals surface area contributed by atoms with Crippen LogP contribution < -0.4 is 5.73 Å².